The monoisotopic (exact) mass is 301 g/mol. The highest BCUT2D eigenvalue weighted by molar-refractivity contribution is 6.22. The first-order valence-electron chi connectivity index (χ1n) is 8.02. The van der Waals surface area contributed by atoms with E-state index in [0.29, 0.717) is 0 Å². The van der Waals surface area contributed by atoms with Crippen LogP contribution in [0.25, 0.3) is 43.6 Å². The maximum atomic E-state index is 6.36. The third kappa shape index (κ3) is 1.77. The fourth-order valence-corrected chi connectivity index (χ4v) is 3.40. The molecular formula is C20H19N3. The highest BCUT2D eigenvalue weighted by atomic mass is 15.3. The Kier molecular flexibility index (Phi) is 3.01. The van der Waals surface area contributed by atoms with Crippen molar-refractivity contribution in [1.82, 2.24) is 9.66 Å². The lowest BCUT2D eigenvalue weighted by Gasteiger charge is -1.99. The lowest BCUT2D eigenvalue weighted by Crippen LogP contribution is -2.06. The number of fused-ring (bicyclic) bond motifs is 7. The molecule has 0 spiro atoms. The van der Waals surface area contributed by atoms with Crippen LogP contribution in [0, 0.1) is 0 Å². The van der Waals surface area contributed by atoms with Crippen molar-refractivity contribution in [3.05, 3.63) is 60.7 Å². The number of nitrogens with zero attached hydrogens (tertiary/aromatic N) is 1. The van der Waals surface area contributed by atoms with Gasteiger partial charge in [-0.05, 0) is 12.1 Å². The second-order valence-corrected chi connectivity index (χ2v) is 5.44. The Morgan fingerprint density at radius 1 is 0.739 bits per heavy atom. The van der Waals surface area contributed by atoms with Crippen molar-refractivity contribution in [2.45, 2.75) is 13.8 Å². The van der Waals surface area contributed by atoms with Crippen molar-refractivity contribution < 1.29 is 0 Å². The molecule has 114 valence electrons. The zero-order valence-corrected chi connectivity index (χ0v) is 13.3. The fourth-order valence-electron chi connectivity index (χ4n) is 3.40. The van der Waals surface area contributed by atoms with Crippen LogP contribution in [-0.2, 0) is 0 Å². The van der Waals surface area contributed by atoms with Gasteiger partial charge in [-0.25, -0.2) is 0 Å². The summed E-state index contributed by atoms with van der Waals surface area (Å²) >= 11 is 0. The molecule has 0 fully saturated rings. The lowest BCUT2D eigenvalue weighted by atomic mass is 10.1. The smallest absolute Gasteiger partial charge is 0.0944 e. The fraction of sp³-hybridized carbons (Fsp3) is 0.100. The zero-order valence-electron chi connectivity index (χ0n) is 13.3. The number of para-hydroxylation sites is 2. The molecule has 0 saturated heterocycles. The predicted octanol–water partition coefficient (Wildman–Crippen LogP) is 5.17. The number of nitrogens with two attached hydrogens (primary N) is 1. The molecule has 3 nitrogen and oxygen atoms in total. The molecule has 0 aliphatic rings. The Morgan fingerprint density at radius 2 is 1.39 bits per heavy atom. The van der Waals surface area contributed by atoms with Gasteiger partial charge in [-0.15, -0.1) is 0 Å². The third-order valence-electron chi connectivity index (χ3n) is 4.35. The molecule has 23 heavy (non-hydrogen) atoms. The van der Waals surface area contributed by atoms with Crippen LogP contribution < -0.4 is 5.84 Å². The van der Waals surface area contributed by atoms with Crippen molar-refractivity contribution in [3.63, 3.8) is 0 Å². The number of hydrogen-bond donors (Lipinski definition) is 2. The van der Waals surface area contributed by atoms with Crippen molar-refractivity contribution in [3.8, 4) is 0 Å². The van der Waals surface area contributed by atoms with Crippen molar-refractivity contribution in [1.29, 1.82) is 0 Å². The Bertz CT molecular complexity index is 1150. The number of H-pyrrole nitrogens is 1. The Morgan fingerprint density at radius 3 is 2.22 bits per heavy atom. The highest BCUT2D eigenvalue weighted by Crippen LogP contribution is 2.35. The average Bonchev–Trinajstić information content (AvgIpc) is 3.13. The molecule has 0 atom stereocenters. The number of nitrogens with one attached hydrogen (secondary N) is 1. The van der Waals surface area contributed by atoms with Gasteiger partial charge in [0.05, 0.1) is 16.6 Å². The van der Waals surface area contributed by atoms with Crippen LogP contribution in [0.2, 0.25) is 0 Å². The van der Waals surface area contributed by atoms with E-state index in [9.17, 15) is 0 Å². The van der Waals surface area contributed by atoms with Gasteiger partial charge >= 0.3 is 0 Å². The van der Waals surface area contributed by atoms with Crippen molar-refractivity contribution >= 4 is 43.6 Å². The molecule has 2 heterocycles. The molecule has 5 rings (SSSR count). The zero-order chi connectivity index (χ0) is 16.0. The van der Waals surface area contributed by atoms with E-state index in [1.54, 1.807) is 4.68 Å². The van der Waals surface area contributed by atoms with Gasteiger partial charge < -0.3 is 10.8 Å². The van der Waals surface area contributed by atoms with Crippen molar-refractivity contribution in [2.75, 3.05) is 5.84 Å². The molecule has 3 N–H and O–H groups in total. The molecule has 3 heteroatoms. The first kappa shape index (κ1) is 13.7. The van der Waals surface area contributed by atoms with Crippen LogP contribution >= 0.6 is 0 Å². The van der Waals surface area contributed by atoms with Gasteiger partial charge in [-0.1, -0.05) is 62.4 Å². The van der Waals surface area contributed by atoms with Crippen LogP contribution in [0.15, 0.2) is 60.7 Å². The quantitative estimate of drug-likeness (QED) is 0.381. The molecule has 0 radical (unpaired) electrons. The van der Waals surface area contributed by atoms with Gasteiger partial charge in [0.2, 0.25) is 0 Å². The first-order chi connectivity index (χ1) is 11.3. The maximum absolute atomic E-state index is 6.36. The van der Waals surface area contributed by atoms with Crippen LogP contribution in [0.5, 0.6) is 0 Å². The number of aromatic nitrogens is 2. The topological polar surface area (TPSA) is 46.7 Å². The summed E-state index contributed by atoms with van der Waals surface area (Å²) in [5.41, 5.74) is 4.36. The molecule has 0 amide bonds. The summed E-state index contributed by atoms with van der Waals surface area (Å²) in [5, 5.41) is 4.83. The van der Waals surface area contributed by atoms with Crippen molar-refractivity contribution in [2.24, 2.45) is 0 Å². The summed E-state index contributed by atoms with van der Waals surface area (Å²) in [4.78, 5) is 3.52. The molecule has 0 unspecified atom stereocenters. The second-order valence-electron chi connectivity index (χ2n) is 5.44. The molecule has 0 aliphatic carbocycles. The van der Waals surface area contributed by atoms with Crippen LogP contribution in [-0.4, -0.2) is 9.66 Å². The van der Waals surface area contributed by atoms with Gasteiger partial charge in [-0.3, -0.25) is 4.68 Å². The van der Waals surface area contributed by atoms with Crippen LogP contribution in [0.1, 0.15) is 13.8 Å². The summed E-state index contributed by atoms with van der Waals surface area (Å²) in [6, 6.07) is 21.0. The normalized spacial score (nSPS) is 11.2. The Balaban J connectivity index is 0.000000652. The lowest BCUT2D eigenvalue weighted by molar-refractivity contribution is 1.12. The molecule has 5 aromatic rings. The van der Waals surface area contributed by atoms with Crippen LogP contribution in [0.3, 0.4) is 0 Å². The molecule has 0 bridgehead atoms. The van der Waals surface area contributed by atoms with Gasteiger partial charge in [0.25, 0.3) is 0 Å². The SMILES string of the molecule is CC.Nn1c2ccccc2c2ccc3c4ccccc4[nH]c3c21. The highest BCUT2D eigenvalue weighted by Gasteiger charge is 2.14. The van der Waals surface area contributed by atoms with E-state index in [0.717, 1.165) is 22.1 Å². The van der Waals surface area contributed by atoms with Gasteiger partial charge in [0.1, 0.15) is 0 Å². The Hall–Kier alpha value is -2.94. The number of benzene rings is 3. The summed E-state index contributed by atoms with van der Waals surface area (Å²) < 4.78 is 1.79. The Labute approximate surface area is 134 Å². The maximum Gasteiger partial charge on any atom is 0.0944 e. The number of aromatic amines is 1. The molecule has 0 aliphatic heterocycles. The first-order valence-corrected chi connectivity index (χ1v) is 8.02. The van der Waals surface area contributed by atoms with E-state index < -0.39 is 0 Å². The predicted molar refractivity (Wildman–Crippen MR) is 100 cm³/mol. The van der Waals surface area contributed by atoms with E-state index in [1.165, 1.54) is 21.5 Å². The largest absolute Gasteiger partial charge is 0.353 e. The minimum Gasteiger partial charge on any atom is -0.353 e. The minimum atomic E-state index is 1.05. The number of nitrogen functional groups attached to an aromatic ring is 1. The summed E-state index contributed by atoms with van der Waals surface area (Å²) in [6.07, 6.45) is 0. The van der Waals surface area contributed by atoms with Gasteiger partial charge in [0.15, 0.2) is 0 Å². The summed E-state index contributed by atoms with van der Waals surface area (Å²) in [6.45, 7) is 4.00. The van der Waals surface area contributed by atoms with Gasteiger partial charge in [-0.2, -0.15) is 0 Å². The standard InChI is InChI=1S/C18H13N3.C2H6/c19-21-16-8-4-2-6-12(16)14-10-9-13-11-5-1-3-7-15(11)20-17(13)18(14)21;1-2/h1-10,20H,19H2;1-2H3. The number of rotatable bonds is 0. The van der Waals surface area contributed by atoms with E-state index in [4.69, 9.17) is 5.84 Å². The molecule has 3 aromatic carbocycles. The third-order valence-corrected chi connectivity index (χ3v) is 4.35. The number of hydrogen-bond acceptors (Lipinski definition) is 1. The second kappa shape index (κ2) is 5.06. The average molecular weight is 301 g/mol. The molecule has 2 aromatic heterocycles. The van der Waals surface area contributed by atoms with Gasteiger partial charge in [0, 0.05) is 27.1 Å². The summed E-state index contributed by atoms with van der Waals surface area (Å²) in [7, 11) is 0. The molecule has 0 saturated carbocycles. The van der Waals surface area contributed by atoms with E-state index >= 15 is 0 Å². The van der Waals surface area contributed by atoms with Crippen LogP contribution in [0.4, 0.5) is 0 Å². The minimum absolute atomic E-state index is 1.05. The van der Waals surface area contributed by atoms with E-state index in [2.05, 4.69) is 53.5 Å². The summed E-state index contributed by atoms with van der Waals surface area (Å²) in [5.74, 6) is 6.36. The van der Waals surface area contributed by atoms with E-state index in [1.807, 2.05) is 26.0 Å². The molecular weight excluding hydrogens is 282 g/mol. The van der Waals surface area contributed by atoms with E-state index in [-0.39, 0.29) is 0 Å².